The van der Waals surface area contributed by atoms with Crippen LogP contribution < -0.4 is 10.2 Å². The van der Waals surface area contributed by atoms with Crippen LogP contribution in [0.5, 0.6) is 0 Å². The topological polar surface area (TPSA) is 44.3 Å². The average molecular weight is 317 g/mol. The average Bonchev–Trinajstić information content (AvgIpc) is 2.73. The monoisotopic (exact) mass is 317 g/mol. The van der Waals surface area contributed by atoms with E-state index in [0.29, 0.717) is 11.5 Å². The molecule has 0 bridgehead atoms. The minimum atomic E-state index is 0.369. The van der Waals surface area contributed by atoms with Gasteiger partial charge < -0.3 is 10.2 Å². The Labute approximate surface area is 140 Å². The molecule has 1 aromatic heterocycles. The molecule has 0 aromatic carbocycles. The molecule has 1 N–H and O–H groups in total. The Morgan fingerprint density at radius 3 is 2.48 bits per heavy atom. The van der Waals surface area contributed by atoms with Crippen LogP contribution in [-0.4, -0.2) is 53.6 Å². The van der Waals surface area contributed by atoms with E-state index in [-0.39, 0.29) is 0 Å². The van der Waals surface area contributed by atoms with Gasteiger partial charge >= 0.3 is 0 Å². The number of rotatable bonds is 4. The fraction of sp³-hybridized carbons (Fsp3) is 0.778. The Morgan fingerprint density at radius 1 is 1.13 bits per heavy atom. The fourth-order valence-corrected chi connectivity index (χ4v) is 3.54. The van der Waals surface area contributed by atoms with Crippen LogP contribution in [0.25, 0.3) is 0 Å². The summed E-state index contributed by atoms with van der Waals surface area (Å²) in [5.74, 6) is 1.86. The summed E-state index contributed by atoms with van der Waals surface area (Å²) in [4.78, 5) is 14.1. The first-order valence-electron chi connectivity index (χ1n) is 9.06. The third kappa shape index (κ3) is 4.80. The maximum atomic E-state index is 4.74. The summed E-state index contributed by atoms with van der Waals surface area (Å²) in [6.07, 6.45) is 7.13. The van der Waals surface area contributed by atoms with Gasteiger partial charge in [0, 0.05) is 38.9 Å². The SMILES string of the molecule is CC(C)(C)CN1CC(Nc2nccc(N3CCCCCC3)n2)C1. The molecule has 128 valence electrons. The van der Waals surface area contributed by atoms with Crippen LogP contribution in [0.3, 0.4) is 0 Å². The minimum Gasteiger partial charge on any atom is -0.356 e. The standard InChI is InChI=1S/C18H31N5/c1-18(2,3)14-22-12-15(13-22)20-17-19-9-8-16(21-17)23-10-6-4-5-7-11-23/h8-9,15H,4-7,10-14H2,1-3H3,(H,19,20,21). The number of nitrogens with one attached hydrogen (secondary N) is 1. The van der Waals surface area contributed by atoms with Gasteiger partial charge in [-0.1, -0.05) is 33.6 Å². The Hall–Kier alpha value is -1.36. The lowest BCUT2D eigenvalue weighted by Crippen LogP contribution is -2.56. The van der Waals surface area contributed by atoms with Crippen LogP contribution in [-0.2, 0) is 0 Å². The first-order chi connectivity index (χ1) is 11.0. The van der Waals surface area contributed by atoms with Crippen molar-refractivity contribution < 1.29 is 0 Å². The van der Waals surface area contributed by atoms with Crippen LogP contribution in [0.15, 0.2) is 12.3 Å². The fourth-order valence-electron chi connectivity index (χ4n) is 3.54. The van der Waals surface area contributed by atoms with Gasteiger partial charge in [0.15, 0.2) is 0 Å². The number of nitrogens with zero attached hydrogens (tertiary/aromatic N) is 4. The second-order valence-electron chi connectivity index (χ2n) is 8.24. The molecule has 1 aromatic rings. The van der Waals surface area contributed by atoms with Gasteiger partial charge in [0.25, 0.3) is 0 Å². The highest BCUT2D eigenvalue weighted by Crippen LogP contribution is 2.22. The van der Waals surface area contributed by atoms with Crippen molar-refractivity contribution in [3.8, 4) is 0 Å². The molecule has 0 unspecified atom stereocenters. The lowest BCUT2D eigenvalue weighted by Gasteiger charge is -2.42. The molecule has 0 aliphatic carbocycles. The smallest absolute Gasteiger partial charge is 0.224 e. The highest BCUT2D eigenvalue weighted by Gasteiger charge is 2.30. The van der Waals surface area contributed by atoms with E-state index in [1.807, 2.05) is 12.3 Å². The van der Waals surface area contributed by atoms with Gasteiger partial charge in [-0.3, -0.25) is 4.90 Å². The molecule has 0 atom stereocenters. The number of hydrogen-bond acceptors (Lipinski definition) is 5. The minimum absolute atomic E-state index is 0.369. The Balaban J connectivity index is 1.52. The zero-order valence-corrected chi connectivity index (χ0v) is 14.9. The quantitative estimate of drug-likeness (QED) is 0.925. The summed E-state index contributed by atoms with van der Waals surface area (Å²) in [7, 11) is 0. The number of hydrogen-bond donors (Lipinski definition) is 1. The molecule has 3 rings (SSSR count). The van der Waals surface area contributed by atoms with Gasteiger partial charge in [0.2, 0.25) is 5.95 Å². The summed E-state index contributed by atoms with van der Waals surface area (Å²) in [6, 6.07) is 2.53. The van der Waals surface area contributed by atoms with Crippen molar-refractivity contribution in [1.82, 2.24) is 14.9 Å². The number of aromatic nitrogens is 2. The van der Waals surface area contributed by atoms with Crippen molar-refractivity contribution in [2.75, 3.05) is 42.9 Å². The van der Waals surface area contributed by atoms with E-state index in [9.17, 15) is 0 Å². The summed E-state index contributed by atoms with van der Waals surface area (Å²) < 4.78 is 0. The molecule has 2 aliphatic rings. The Kier molecular flexibility index (Phi) is 5.05. The Morgan fingerprint density at radius 2 is 1.83 bits per heavy atom. The van der Waals surface area contributed by atoms with Gasteiger partial charge in [0.1, 0.15) is 5.82 Å². The van der Waals surface area contributed by atoms with E-state index in [1.165, 1.54) is 25.7 Å². The predicted octanol–water partition coefficient (Wildman–Crippen LogP) is 3.00. The summed E-state index contributed by atoms with van der Waals surface area (Å²) >= 11 is 0. The van der Waals surface area contributed by atoms with Crippen molar-refractivity contribution in [1.29, 1.82) is 0 Å². The highest BCUT2D eigenvalue weighted by molar-refractivity contribution is 5.43. The van der Waals surface area contributed by atoms with E-state index in [4.69, 9.17) is 4.98 Å². The zero-order chi connectivity index (χ0) is 16.3. The molecule has 0 radical (unpaired) electrons. The van der Waals surface area contributed by atoms with Gasteiger partial charge in [-0.25, -0.2) is 4.98 Å². The maximum absolute atomic E-state index is 4.74. The number of likely N-dealkylation sites (tertiary alicyclic amines) is 1. The molecular weight excluding hydrogens is 286 g/mol. The largest absolute Gasteiger partial charge is 0.356 e. The lowest BCUT2D eigenvalue weighted by molar-refractivity contribution is 0.111. The van der Waals surface area contributed by atoms with Crippen LogP contribution in [0.4, 0.5) is 11.8 Å². The highest BCUT2D eigenvalue weighted by atomic mass is 15.3. The zero-order valence-electron chi connectivity index (χ0n) is 14.9. The molecule has 2 fully saturated rings. The second kappa shape index (κ2) is 7.04. The van der Waals surface area contributed by atoms with E-state index < -0.39 is 0 Å². The van der Waals surface area contributed by atoms with Crippen molar-refractivity contribution in [3.05, 3.63) is 12.3 Å². The van der Waals surface area contributed by atoms with Crippen LogP contribution in [0, 0.1) is 5.41 Å². The summed E-state index contributed by atoms with van der Waals surface area (Å²) in [6.45, 7) is 12.5. The molecular formula is C18H31N5. The van der Waals surface area contributed by atoms with Crippen LogP contribution in [0.2, 0.25) is 0 Å². The first kappa shape index (κ1) is 16.5. The van der Waals surface area contributed by atoms with Crippen LogP contribution in [0.1, 0.15) is 46.5 Å². The lowest BCUT2D eigenvalue weighted by atomic mass is 9.93. The van der Waals surface area contributed by atoms with Gasteiger partial charge in [-0.2, -0.15) is 4.98 Å². The first-order valence-corrected chi connectivity index (χ1v) is 9.06. The Bertz CT molecular complexity index is 496. The normalized spacial score (nSPS) is 20.9. The van der Waals surface area contributed by atoms with Gasteiger partial charge in [-0.05, 0) is 24.3 Å². The third-order valence-corrected chi connectivity index (χ3v) is 4.56. The van der Waals surface area contributed by atoms with Crippen molar-refractivity contribution in [2.45, 2.75) is 52.5 Å². The summed E-state index contributed by atoms with van der Waals surface area (Å²) in [5.41, 5.74) is 0.369. The van der Waals surface area contributed by atoms with E-state index in [0.717, 1.165) is 44.5 Å². The third-order valence-electron chi connectivity index (χ3n) is 4.56. The molecule has 0 amide bonds. The molecule has 23 heavy (non-hydrogen) atoms. The summed E-state index contributed by atoms with van der Waals surface area (Å²) in [5, 5.41) is 3.50. The van der Waals surface area contributed by atoms with E-state index >= 15 is 0 Å². The van der Waals surface area contributed by atoms with Crippen molar-refractivity contribution >= 4 is 11.8 Å². The van der Waals surface area contributed by atoms with Gasteiger partial charge in [0.05, 0.1) is 6.04 Å². The predicted molar refractivity (Wildman–Crippen MR) is 96.0 cm³/mol. The second-order valence-corrected chi connectivity index (χ2v) is 8.24. The van der Waals surface area contributed by atoms with Gasteiger partial charge in [-0.15, -0.1) is 0 Å². The van der Waals surface area contributed by atoms with Crippen LogP contribution >= 0.6 is 0 Å². The molecule has 5 nitrogen and oxygen atoms in total. The van der Waals surface area contributed by atoms with Crippen molar-refractivity contribution in [3.63, 3.8) is 0 Å². The molecule has 0 spiro atoms. The molecule has 2 aliphatic heterocycles. The molecule has 5 heteroatoms. The van der Waals surface area contributed by atoms with E-state index in [2.05, 4.69) is 40.9 Å². The molecule has 3 heterocycles. The molecule has 2 saturated heterocycles. The maximum Gasteiger partial charge on any atom is 0.224 e. The van der Waals surface area contributed by atoms with E-state index in [1.54, 1.807) is 0 Å². The van der Waals surface area contributed by atoms with Crippen molar-refractivity contribution in [2.24, 2.45) is 5.41 Å². The molecule has 0 saturated carbocycles. The number of anilines is 2.